The van der Waals surface area contributed by atoms with Crippen molar-refractivity contribution in [2.45, 2.75) is 20.3 Å². The molecule has 0 fully saturated rings. The number of aryl methyl sites for hydroxylation is 1. The van der Waals surface area contributed by atoms with E-state index in [0.717, 1.165) is 22.0 Å². The van der Waals surface area contributed by atoms with Gasteiger partial charge in [-0.05, 0) is 31.7 Å². The first-order valence-corrected chi connectivity index (χ1v) is 8.29. The molecule has 2 aromatic heterocycles. The quantitative estimate of drug-likeness (QED) is 0.798. The van der Waals surface area contributed by atoms with Gasteiger partial charge >= 0.3 is 0 Å². The average Bonchev–Trinajstić information content (AvgIpc) is 3.07. The molecule has 0 aliphatic heterocycles. The largest absolute Gasteiger partial charge is 0.382 e. The van der Waals surface area contributed by atoms with E-state index in [-0.39, 0.29) is 5.91 Å². The summed E-state index contributed by atoms with van der Waals surface area (Å²) in [4.78, 5) is 18.4. The van der Waals surface area contributed by atoms with Gasteiger partial charge in [-0.3, -0.25) is 4.79 Å². The predicted octanol–water partition coefficient (Wildman–Crippen LogP) is 3.34. The molecular formula is C14H18N2O2S2. The molecule has 0 spiro atoms. The maximum Gasteiger partial charge on any atom is 0.263 e. The number of carbonyl (C=O) groups excluding carboxylic acids is 1. The van der Waals surface area contributed by atoms with Gasteiger partial charge in [0.2, 0.25) is 0 Å². The highest BCUT2D eigenvalue weighted by Crippen LogP contribution is 2.30. The highest BCUT2D eigenvalue weighted by Gasteiger charge is 2.16. The Labute approximate surface area is 126 Å². The van der Waals surface area contributed by atoms with Crippen LogP contribution in [0.3, 0.4) is 0 Å². The Morgan fingerprint density at radius 1 is 1.50 bits per heavy atom. The molecule has 2 aromatic rings. The molecule has 2 heterocycles. The molecule has 108 valence electrons. The van der Waals surface area contributed by atoms with E-state index in [0.29, 0.717) is 24.6 Å². The Hall–Kier alpha value is -1.24. The number of aromatic nitrogens is 1. The van der Waals surface area contributed by atoms with Crippen molar-refractivity contribution in [1.29, 1.82) is 0 Å². The SMILES string of the molecule is CCOCCCNC(=O)c1sc(-c2cccs2)nc1C. The first-order valence-electron chi connectivity index (χ1n) is 6.59. The van der Waals surface area contributed by atoms with Crippen LogP contribution in [-0.4, -0.2) is 30.6 Å². The summed E-state index contributed by atoms with van der Waals surface area (Å²) in [7, 11) is 0. The van der Waals surface area contributed by atoms with Gasteiger partial charge in [-0.1, -0.05) is 6.07 Å². The summed E-state index contributed by atoms with van der Waals surface area (Å²) in [5.41, 5.74) is 0.792. The van der Waals surface area contributed by atoms with Crippen LogP contribution < -0.4 is 5.32 Å². The Morgan fingerprint density at radius 3 is 3.05 bits per heavy atom. The van der Waals surface area contributed by atoms with Crippen LogP contribution in [0.2, 0.25) is 0 Å². The van der Waals surface area contributed by atoms with Crippen molar-refractivity contribution >= 4 is 28.6 Å². The fourth-order valence-corrected chi connectivity index (χ4v) is 3.49. The number of carbonyl (C=O) groups is 1. The summed E-state index contributed by atoms with van der Waals surface area (Å²) in [5, 5.41) is 5.84. The first kappa shape index (κ1) is 15.2. The molecule has 20 heavy (non-hydrogen) atoms. The van der Waals surface area contributed by atoms with Gasteiger partial charge in [0.15, 0.2) is 0 Å². The van der Waals surface area contributed by atoms with Crippen molar-refractivity contribution < 1.29 is 9.53 Å². The lowest BCUT2D eigenvalue weighted by Crippen LogP contribution is -2.25. The van der Waals surface area contributed by atoms with Crippen LogP contribution in [0.15, 0.2) is 17.5 Å². The van der Waals surface area contributed by atoms with Crippen LogP contribution in [-0.2, 0) is 4.74 Å². The Balaban J connectivity index is 1.93. The number of nitrogens with one attached hydrogen (secondary N) is 1. The average molecular weight is 310 g/mol. The number of amides is 1. The third-order valence-electron chi connectivity index (χ3n) is 2.69. The third kappa shape index (κ3) is 3.88. The molecule has 0 aliphatic rings. The molecule has 0 aliphatic carbocycles. The second-order valence-corrected chi connectivity index (χ2v) is 6.16. The second kappa shape index (κ2) is 7.52. The van der Waals surface area contributed by atoms with E-state index in [2.05, 4.69) is 10.3 Å². The van der Waals surface area contributed by atoms with Gasteiger partial charge in [0.05, 0.1) is 10.6 Å². The normalized spacial score (nSPS) is 10.7. The molecule has 0 aromatic carbocycles. The lowest BCUT2D eigenvalue weighted by molar-refractivity contribution is 0.0947. The summed E-state index contributed by atoms with van der Waals surface area (Å²) in [6, 6.07) is 4.01. The van der Waals surface area contributed by atoms with Crippen LogP contribution in [0, 0.1) is 6.92 Å². The Bertz CT molecular complexity index is 550. The van der Waals surface area contributed by atoms with Crippen molar-refractivity contribution in [1.82, 2.24) is 10.3 Å². The Kier molecular flexibility index (Phi) is 5.70. The van der Waals surface area contributed by atoms with Crippen LogP contribution in [0.4, 0.5) is 0 Å². The molecule has 6 heteroatoms. The maximum atomic E-state index is 12.1. The lowest BCUT2D eigenvalue weighted by Gasteiger charge is -2.03. The van der Waals surface area contributed by atoms with Crippen LogP contribution >= 0.6 is 22.7 Å². The fourth-order valence-electron chi connectivity index (χ4n) is 1.71. The van der Waals surface area contributed by atoms with Gasteiger partial charge in [0.25, 0.3) is 5.91 Å². The van der Waals surface area contributed by atoms with Crippen LogP contribution in [0.1, 0.15) is 28.7 Å². The fraction of sp³-hybridized carbons (Fsp3) is 0.429. The van der Waals surface area contributed by atoms with E-state index < -0.39 is 0 Å². The minimum Gasteiger partial charge on any atom is -0.382 e. The molecule has 0 bridgehead atoms. The highest BCUT2D eigenvalue weighted by atomic mass is 32.1. The first-order chi connectivity index (χ1) is 9.72. The van der Waals surface area contributed by atoms with Gasteiger partial charge in [0.1, 0.15) is 9.88 Å². The summed E-state index contributed by atoms with van der Waals surface area (Å²) in [5.74, 6) is -0.0423. The van der Waals surface area contributed by atoms with Gasteiger partial charge in [-0.2, -0.15) is 0 Å². The third-order valence-corrected chi connectivity index (χ3v) is 4.89. The number of ether oxygens (including phenoxy) is 1. The standard InChI is InChI=1S/C14H18N2O2S2/c1-3-18-8-5-7-15-13(17)12-10(2)16-14(20-12)11-6-4-9-19-11/h4,6,9H,3,5,7-8H2,1-2H3,(H,15,17). The van der Waals surface area contributed by atoms with Crippen molar-refractivity contribution in [3.63, 3.8) is 0 Å². The van der Waals surface area contributed by atoms with Crippen molar-refractivity contribution in [3.8, 4) is 9.88 Å². The summed E-state index contributed by atoms with van der Waals surface area (Å²) < 4.78 is 5.24. The zero-order valence-corrected chi connectivity index (χ0v) is 13.3. The zero-order chi connectivity index (χ0) is 14.4. The number of thiophene rings is 1. The van der Waals surface area contributed by atoms with Gasteiger partial charge in [-0.25, -0.2) is 4.98 Å². The smallest absolute Gasteiger partial charge is 0.263 e. The molecular weight excluding hydrogens is 292 g/mol. The number of hydrogen-bond donors (Lipinski definition) is 1. The monoisotopic (exact) mass is 310 g/mol. The molecule has 2 rings (SSSR count). The second-order valence-electron chi connectivity index (χ2n) is 4.22. The van der Waals surface area contributed by atoms with Gasteiger partial charge in [0, 0.05) is 19.8 Å². The molecule has 0 atom stereocenters. The van der Waals surface area contributed by atoms with E-state index in [9.17, 15) is 4.79 Å². The zero-order valence-electron chi connectivity index (χ0n) is 11.6. The maximum absolute atomic E-state index is 12.1. The molecule has 0 saturated carbocycles. The molecule has 1 amide bonds. The number of hydrogen-bond acceptors (Lipinski definition) is 5. The summed E-state index contributed by atoms with van der Waals surface area (Å²) in [6.45, 7) is 5.86. The highest BCUT2D eigenvalue weighted by molar-refractivity contribution is 7.22. The number of nitrogens with zero attached hydrogens (tertiary/aromatic N) is 1. The van der Waals surface area contributed by atoms with E-state index in [1.165, 1.54) is 11.3 Å². The molecule has 4 nitrogen and oxygen atoms in total. The van der Waals surface area contributed by atoms with E-state index in [1.807, 2.05) is 31.4 Å². The van der Waals surface area contributed by atoms with Crippen molar-refractivity contribution in [2.75, 3.05) is 19.8 Å². The van der Waals surface area contributed by atoms with E-state index >= 15 is 0 Å². The topological polar surface area (TPSA) is 51.2 Å². The molecule has 0 unspecified atom stereocenters. The molecule has 0 saturated heterocycles. The van der Waals surface area contributed by atoms with Crippen LogP contribution in [0.5, 0.6) is 0 Å². The van der Waals surface area contributed by atoms with Gasteiger partial charge in [-0.15, -0.1) is 22.7 Å². The number of thiazole rings is 1. The molecule has 0 radical (unpaired) electrons. The summed E-state index contributed by atoms with van der Waals surface area (Å²) >= 11 is 3.09. The van der Waals surface area contributed by atoms with Crippen molar-refractivity contribution in [3.05, 3.63) is 28.1 Å². The van der Waals surface area contributed by atoms with Crippen LogP contribution in [0.25, 0.3) is 9.88 Å². The van der Waals surface area contributed by atoms with E-state index in [4.69, 9.17) is 4.74 Å². The van der Waals surface area contributed by atoms with Gasteiger partial charge < -0.3 is 10.1 Å². The number of rotatable bonds is 7. The summed E-state index contributed by atoms with van der Waals surface area (Å²) in [6.07, 6.45) is 0.829. The lowest BCUT2D eigenvalue weighted by atomic mass is 10.3. The molecule has 1 N–H and O–H groups in total. The minimum atomic E-state index is -0.0423. The minimum absolute atomic E-state index is 0.0423. The Morgan fingerprint density at radius 2 is 2.35 bits per heavy atom. The van der Waals surface area contributed by atoms with Crippen molar-refractivity contribution in [2.24, 2.45) is 0 Å². The predicted molar refractivity (Wildman–Crippen MR) is 83.6 cm³/mol. The van der Waals surface area contributed by atoms with E-state index in [1.54, 1.807) is 11.3 Å².